The van der Waals surface area contributed by atoms with E-state index in [9.17, 15) is 0 Å². The van der Waals surface area contributed by atoms with Gasteiger partial charge in [0.05, 0.1) is 5.52 Å². The van der Waals surface area contributed by atoms with Crippen LogP contribution in [0, 0.1) is 0 Å². The van der Waals surface area contributed by atoms with Gasteiger partial charge in [0.25, 0.3) is 0 Å². The zero-order chi connectivity index (χ0) is 20.7. The molecular formula is C25H22N4O. The van der Waals surface area contributed by atoms with Crippen LogP contribution < -0.4 is 4.74 Å². The Bertz CT molecular complexity index is 1310. The highest BCUT2D eigenvalue weighted by Crippen LogP contribution is 2.31. The third-order valence-electron chi connectivity index (χ3n) is 5.18. The van der Waals surface area contributed by atoms with Gasteiger partial charge in [0.15, 0.2) is 0 Å². The molecule has 0 spiro atoms. The lowest BCUT2D eigenvalue weighted by Crippen LogP contribution is -2.11. The predicted molar refractivity (Wildman–Crippen MR) is 119 cm³/mol. The lowest BCUT2D eigenvalue weighted by atomic mass is 9.88. The molecule has 30 heavy (non-hydrogen) atoms. The molecule has 0 fully saturated rings. The second-order valence-corrected chi connectivity index (χ2v) is 8.30. The van der Waals surface area contributed by atoms with Gasteiger partial charge in [0, 0.05) is 35.3 Å². The van der Waals surface area contributed by atoms with E-state index >= 15 is 0 Å². The number of para-hydroxylation sites is 1. The second-order valence-electron chi connectivity index (χ2n) is 8.30. The SMILES string of the molecule is CC(C)(C)c1ccnc(Oc2cccc(-n3c4ccccc4c4cccnc43)n2)c1. The largest absolute Gasteiger partial charge is 0.421 e. The highest BCUT2D eigenvalue weighted by atomic mass is 16.5. The smallest absolute Gasteiger partial charge is 0.223 e. The minimum Gasteiger partial charge on any atom is -0.421 e. The van der Waals surface area contributed by atoms with E-state index in [2.05, 4.69) is 53.5 Å². The summed E-state index contributed by atoms with van der Waals surface area (Å²) in [6, 6.07) is 22.0. The first-order valence-corrected chi connectivity index (χ1v) is 9.97. The number of pyridine rings is 3. The highest BCUT2D eigenvalue weighted by molar-refractivity contribution is 6.07. The molecule has 148 valence electrons. The lowest BCUT2D eigenvalue weighted by Gasteiger charge is -2.19. The molecule has 0 radical (unpaired) electrons. The molecule has 0 bridgehead atoms. The number of fused-ring (bicyclic) bond motifs is 3. The molecule has 0 aliphatic rings. The molecule has 5 aromatic rings. The summed E-state index contributed by atoms with van der Waals surface area (Å²) in [7, 11) is 0. The van der Waals surface area contributed by atoms with Crippen LogP contribution in [0.25, 0.3) is 27.8 Å². The Morgan fingerprint density at radius 3 is 2.47 bits per heavy atom. The van der Waals surface area contributed by atoms with Crippen molar-refractivity contribution >= 4 is 21.9 Å². The van der Waals surface area contributed by atoms with Crippen molar-refractivity contribution in [2.75, 3.05) is 0 Å². The normalized spacial score (nSPS) is 11.8. The average molecular weight is 394 g/mol. The Morgan fingerprint density at radius 2 is 1.60 bits per heavy atom. The van der Waals surface area contributed by atoms with Crippen molar-refractivity contribution in [3.63, 3.8) is 0 Å². The van der Waals surface area contributed by atoms with Gasteiger partial charge in [0.2, 0.25) is 11.8 Å². The van der Waals surface area contributed by atoms with E-state index in [4.69, 9.17) is 9.72 Å². The second kappa shape index (κ2) is 6.95. The monoisotopic (exact) mass is 394 g/mol. The third kappa shape index (κ3) is 3.18. The predicted octanol–water partition coefficient (Wildman–Crippen LogP) is 6.06. The fourth-order valence-corrected chi connectivity index (χ4v) is 3.65. The maximum atomic E-state index is 6.02. The summed E-state index contributed by atoms with van der Waals surface area (Å²) in [6.07, 6.45) is 3.58. The molecule has 0 N–H and O–H groups in total. The van der Waals surface area contributed by atoms with E-state index in [1.165, 1.54) is 0 Å². The van der Waals surface area contributed by atoms with E-state index in [1.54, 1.807) is 12.4 Å². The summed E-state index contributed by atoms with van der Waals surface area (Å²) in [4.78, 5) is 13.7. The van der Waals surface area contributed by atoms with Gasteiger partial charge in [-0.25, -0.2) is 9.97 Å². The molecule has 0 aliphatic heterocycles. The van der Waals surface area contributed by atoms with Crippen molar-refractivity contribution in [3.05, 3.63) is 84.7 Å². The topological polar surface area (TPSA) is 52.8 Å². The number of hydrogen-bond acceptors (Lipinski definition) is 4. The minimum atomic E-state index is 0.0188. The fourth-order valence-electron chi connectivity index (χ4n) is 3.65. The molecule has 0 saturated carbocycles. The van der Waals surface area contributed by atoms with Crippen molar-refractivity contribution < 1.29 is 4.74 Å². The maximum absolute atomic E-state index is 6.02. The fraction of sp³-hybridized carbons (Fsp3) is 0.160. The molecule has 5 rings (SSSR count). The zero-order valence-corrected chi connectivity index (χ0v) is 17.2. The Hall–Kier alpha value is -3.73. The van der Waals surface area contributed by atoms with Gasteiger partial charge < -0.3 is 4.74 Å². The summed E-state index contributed by atoms with van der Waals surface area (Å²) in [6.45, 7) is 6.50. The van der Waals surface area contributed by atoms with Crippen molar-refractivity contribution in [2.24, 2.45) is 0 Å². The molecule has 0 saturated heterocycles. The van der Waals surface area contributed by atoms with Gasteiger partial charge in [-0.05, 0) is 41.3 Å². The number of rotatable bonds is 3. The molecular weight excluding hydrogens is 372 g/mol. The van der Waals surface area contributed by atoms with Crippen LogP contribution in [0.15, 0.2) is 79.1 Å². The lowest BCUT2D eigenvalue weighted by molar-refractivity contribution is 0.441. The van der Waals surface area contributed by atoms with E-state index in [0.29, 0.717) is 11.8 Å². The van der Waals surface area contributed by atoms with Crippen molar-refractivity contribution in [2.45, 2.75) is 26.2 Å². The summed E-state index contributed by atoms with van der Waals surface area (Å²) in [5.74, 6) is 1.78. The maximum Gasteiger partial charge on any atom is 0.223 e. The van der Waals surface area contributed by atoms with Crippen LogP contribution in [-0.2, 0) is 5.41 Å². The average Bonchev–Trinajstić information content (AvgIpc) is 3.08. The highest BCUT2D eigenvalue weighted by Gasteiger charge is 2.16. The third-order valence-corrected chi connectivity index (χ3v) is 5.18. The molecule has 0 aliphatic carbocycles. The van der Waals surface area contributed by atoms with Crippen LogP contribution in [0.5, 0.6) is 11.8 Å². The van der Waals surface area contributed by atoms with Crippen LogP contribution in [0.1, 0.15) is 26.3 Å². The van der Waals surface area contributed by atoms with Crippen LogP contribution in [-0.4, -0.2) is 19.5 Å². The number of hydrogen-bond donors (Lipinski definition) is 0. The molecule has 5 heteroatoms. The Balaban J connectivity index is 1.60. The molecule has 0 unspecified atom stereocenters. The first kappa shape index (κ1) is 18.3. The summed E-state index contributed by atoms with van der Waals surface area (Å²) in [5.41, 5.74) is 3.11. The summed E-state index contributed by atoms with van der Waals surface area (Å²) < 4.78 is 8.09. The first-order valence-electron chi connectivity index (χ1n) is 9.97. The molecule has 4 heterocycles. The molecule has 5 nitrogen and oxygen atoms in total. The summed E-state index contributed by atoms with van der Waals surface area (Å²) >= 11 is 0. The standard InChI is InChI=1S/C25H22N4O/c1-25(2,3)17-13-15-26-23(16-17)30-22-12-6-11-21(28-22)29-20-10-5-4-8-18(20)19-9-7-14-27-24(19)29/h4-16H,1-3H3. The van der Waals surface area contributed by atoms with Crippen LogP contribution in [0.4, 0.5) is 0 Å². The van der Waals surface area contributed by atoms with Crippen molar-refractivity contribution in [1.29, 1.82) is 0 Å². The van der Waals surface area contributed by atoms with E-state index in [-0.39, 0.29) is 5.41 Å². The number of ether oxygens (including phenoxy) is 1. The molecule has 0 atom stereocenters. The Morgan fingerprint density at radius 1 is 0.767 bits per heavy atom. The summed E-state index contributed by atoms with van der Waals surface area (Å²) in [5, 5.41) is 2.24. The number of aromatic nitrogens is 4. The van der Waals surface area contributed by atoms with Crippen molar-refractivity contribution in [1.82, 2.24) is 19.5 Å². The van der Waals surface area contributed by atoms with Crippen molar-refractivity contribution in [3.8, 4) is 17.6 Å². The number of benzene rings is 1. The van der Waals surface area contributed by atoms with E-state index in [0.717, 1.165) is 33.3 Å². The van der Waals surface area contributed by atoms with Gasteiger partial charge >= 0.3 is 0 Å². The minimum absolute atomic E-state index is 0.0188. The Labute approximate surface area is 175 Å². The Kier molecular flexibility index (Phi) is 4.24. The van der Waals surface area contributed by atoms with Gasteiger partial charge in [-0.3, -0.25) is 4.57 Å². The van der Waals surface area contributed by atoms with Gasteiger partial charge in [-0.1, -0.05) is 45.0 Å². The van der Waals surface area contributed by atoms with E-state index in [1.807, 2.05) is 48.5 Å². The van der Waals surface area contributed by atoms with Crippen LogP contribution in [0.2, 0.25) is 0 Å². The number of nitrogens with zero attached hydrogens (tertiary/aromatic N) is 4. The first-order chi connectivity index (χ1) is 14.5. The van der Waals surface area contributed by atoms with Gasteiger partial charge in [-0.15, -0.1) is 0 Å². The quantitative estimate of drug-likeness (QED) is 0.373. The van der Waals surface area contributed by atoms with Gasteiger partial charge in [0.1, 0.15) is 11.5 Å². The van der Waals surface area contributed by atoms with E-state index < -0.39 is 0 Å². The molecule has 0 amide bonds. The van der Waals surface area contributed by atoms with Crippen LogP contribution >= 0.6 is 0 Å². The van der Waals surface area contributed by atoms with Crippen LogP contribution in [0.3, 0.4) is 0 Å². The van der Waals surface area contributed by atoms with Gasteiger partial charge in [-0.2, -0.15) is 4.98 Å². The molecule has 4 aromatic heterocycles. The zero-order valence-electron chi connectivity index (χ0n) is 17.2. The molecule has 1 aromatic carbocycles.